The number of halogens is 1. The molecule has 0 atom stereocenters. The Morgan fingerprint density at radius 2 is 1.89 bits per heavy atom. The zero-order valence-electron chi connectivity index (χ0n) is 10.7. The highest BCUT2D eigenvalue weighted by Crippen LogP contribution is 2.38. The first-order valence-corrected chi connectivity index (χ1v) is 7.89. The minimum absolute atomic E-state index is 0.609. The van der Waals surface area contributed by atoms with Gasteiger partial charge in [-0.25, -0.2) is 9.97 Å². The molecule has 0 unspecified atom stereocenters. The Kier molecular flexibility index (Phi) is 3.83. The summed E-state index contributed by atoms with van der Waals surface area (Å²) in [5, 5.41) is 3.50. The molecule has 2 aliphatic carbocycles. The molecule has 2 aliphatic rings. The third kappa shape index (κ3) is 3.22. The van der Waals surface area contributed by atoms with Crippen molar-refractivity contribution in [2.24, 2.45) is 5.92 Å². The number of aromatic nitrogens is 2. The van der Waals surface area contributed by atoms with Crippen molar-refractivity contribution in [3.8, 4) is 0 Å². The van der Waals surface area contributed by atoms with Gasteiger partial charge in [-0.05, 0) is 47.5 Å². The van der Waals surface area contributed by atoms with Crippen molar-refractivity contribution in [3.63, 3.8) is 0 Å². The van der Waals surface area contributed by atoms with Gasteiger partial charge in [-0.15, -0.1) is 0 Å². The van der Waals surface area contributed by atoms with E-state index in [0.29, 0.717) is 5.92 Å². The van der Waals surface area contributed by atoms with Gasteiger partial charge < -0.3 is 5.32 Å². The molecule has 18 heavy (non-hydrogen) atoms. The van der Waals surface area contributed by atoms with Gasteiger partial charge in [-0.3, -0.25) is 0 Å². The van der Waals surface area contributed by atoms with Gasteiger partial charge in [0.25, 0.3) is 0 Å². The fraction of sp³-hybridized carbons (Fsp3) is 0.714. The van der Waals surface area contributed by atoms with Gasteiger partial charge in [0.05, 0.1) is 0 Å². The standard InChI is InChI=1S/C14H20BrN3/c15-12-8-13(18-14(17-12)11-6-7-11)16-9-10-4-2-1-3-5-10/h8,10-11H,1-7,9H2,(H,16,17,18). The van der Waals surface area contributed by atoms with Crippen molar-refractivity contribution in [1.82, 2.24) is 9.97 Å². The van der Waals surface area contributed by atoms with Crippen molar-refractivity contribution in [1.29, 1.82) is 0 Å². The topological polar surface area (TPSA) is 37.8 Å². The Morgan fingerprint density at radius 3 is 2.61 bits per heavy atom. The summed E-state index contributed by atoms with van der Waals surface area (Å²) in [6.07, 6.45) is 9.45. The van der Waals surface area contributed by atoms with Crippen LogP contribution in [0, 0.1) is 5.92 Å². The number of hydrogen-bond acceptors (Lipinski definition) is 3. The summed E-state index contributed by atoms with van der Waals surface area (Å²) in [6, 6.07) is 1.99. The molecule has 0 aliphatic heterocycles. The Balaban J connectivity index is 1.60. The second-order valence-corrected chi connectivity index (χ2v) is 6.41. The van der Waals surface area contributed by atoms with Crippen molar-refractivity contribution in [3.05, 3.63) is 16.5 Å². The molecule has 3 rings (SSSR count). The molecule has 0 bridgehead atoms. The predicted molar refractivity (Wildman–Crippen MR) is 76.8 cm³/mol. The van der Waals surface area contributed by atoms with E-state index in [2.05, 4.69) is 31.2 Å². The molecule has 2 saturated carbocycles. The minimum atomic E-state index is 0.609. The van der Waals surface area contributed by atoms with E-state index in [1.54, 1.807) is 0 Å². The van der Waals surface area contributed by atoms with Crippen LogP contribution in [0.2, 0.25) is 0 Å². The summed E-state index contributed by atoms with van der Waals surface area (Å²) >= 11 is 3.48. The first-order valence-electron chi connectivity index (χ1n) is 7.09. The second kappa shape index (κ2) is 5.55. The van der Waals surface area contributed by atoms with E-state index in [1.807, 2.05) is 6.07 Å². The van der Waals surface area contributed by atoms with Crippen LogP contribution in [0.15, 0.2) is 10.7 Å². The van der Waals surface area contributed by atoms with Crippen molar-refractivity contribution >= 4 is 21.7 Å². The van der Waals surface area contributed by atoms with Crippen LogP contribution in [0.3, 0.4) is 0 Å². The summed E-state index contributed by atoms with van der Waals surface area (Å²) in [6.45, 7) is 1.06. The predicted octanol–water partition coefficient (Wildman–Crippen LogP) is 4.11. The second-order valence-electron chi connectivity index (χ2n) is 5.59. The summed E-state index contributed by atoms with van der Waals surface area (Å²) in [5.41, 5.74) is 0. The molecule has 0 radical (unpaired) electrons. The van der Waals surface area contributed by atoms with Crippen LogP contribution >= 0.6 is 15.9 Å². The van der Waals surface area contributed by atoms with Gasteiger partial charge in [-0.1, -0.05) is 19.3 Å². The Morgan fingerprint density at radius 1 is 1.11 bits per heavy atom. The van der Waals surface area contributed by atoms with Gasteiger partial charge in [0, 0.05) is 18.5 Å². The maximum Gasteiger partial charge on any atom is 0.135 e. The molecular formula is C14H20BrN3. The van der Waals surface area contributed by atoms with Gasteiger partial charge >= 0.3 is 0 Å². The monoisotopic (exact) mass is 309 g/mol. The number of nitrogens with one attached hydrogen (secondary N) is 1. The fourth-order valence-electron chi connectivity index (χ4n) is 2.69. The summed E-state index contributed by atoms with van der Waals surface area (Å²) in [4.78, 5) is 9.08. The lowest BCUT2D eigenvalue weighted by Crippen LogP contribution is -2.18. The molecule has 3 nitrogen and oxygen atoms in total. The van der Waals surface area contributed by atoms with Crippen molar-refractivity contribution in [2.45, 2.75) is 50.9 Å². The lowest BCUT2D eigenvalue weighted by atomic mass is 9.89. The van der Waals surface area contributed by atoms with Gasteiger partial charge in [0.2, 0.25) is 0 Å². The van der Waals surface area contributed by atoms with Crippen molar-refractivity contribution < 1.29 is 0 Å². The maximum atomic E-state index is 4.63. The minimum Gasteiger partial charge on any atom is -0.370 e. The van der Waals surface area contributed by atoms with Gasteiger partial charge in [0.15, 0.2) is 0 Å². The summed E-state index contributed by atoms with van der Waals surface area (Å²) in [7, 11) is 0. The lowest BCUT2D eigenvalue weighted by Gasteiger charge is -2.22. The van der Waals surface area contributed by atoms with Crippen LogP contribution in [0.1, 0.15) is 56.7 Å². The quantitative estimate of drug-likeness (QED) is 0.851. The van der Waals surface area contributed by atoms with Crippen LogP contribution in [-0.2, 0) is 0 Å². The lowest BCUT2D eigenvalue weighted by molar-refractivity contribution is 0.373. The molecule has 4 heteroatoms. The third-order valence-corrected chi connectivity index (χ3v) is 4.36. The Bertz CT molecular complexity index is 412. The van der Waals surface area contributed by atoms with E-state index in [4.69, 9.17) is 0 Å². The van der Waals surface area contributed by atoms with E-state index in [-0.39, 0.29) is 0 Å². The normalized spacial score (nSPS) is 20.9. The highest BCUT2D eigenvalue weighted by molar-refractivity contribution is 9.10. The molecular weight excluding hydrogens is 290 g/mol. The molecule has 0 spiro atoms. The van der Waals surface area contributed by atoms with E-state index in [0.717, 1.165) is 28.7 Å². The average molecular weight is 310 g/mol. The van der Waals surface area contributed by atoms with Crippen LogP contribution in [0.4, 0.5) is 5.82 Å². The van der Waals surface area contributed by atoms with Crippen LogP contribution in [0.25, 0.3) is 0 Å². The number of rotatable bonds is 4. The van der Waals surface area contributed by atoms with Crippen molar-refractivity contribution in [2.75, 3.05) is 11.9 Å². The maximum absolute atomic E-state index is 4.63. The molecule has 1 aromatic heterocycles. The molecule has 0 saturated heterocycles. The summed E-state index contributed by atoms with van der Waals surface area (Å²) in [5.74, 6) is 3.44. The molecule has 1 heterocycles. The zero-order chi connectivity index (χ0) is 12.4. The Labute approximate surface area is 117 Å². The van der Waals surface area contributed by atoms with Crippen LogP contribution < -0.4 is 5.32 Å². The SMILES string of the molecule is Brc1cc(NCC2CCCCC2)nc(C2CC2)n1. The third-order valence-electron chi connectivity index (χ3n) is 3.95. The zero-order valence-corrected chi connectivity index (χ0v) is 12.2. The number of anilines is 1. The first-order chi connectivity index (χ1) is 8.81. The number of nitrogens with zero attached hydrogens (tertiary/aromatic N) is 2. The smallest absolute Gasteiger partial charge is 0.135 e. The molecule has 1 aromatic rings. The average Bonchev–Trinajstić information content (AvgIpc) is 3.21. The van der Waals surface area contributed by atoms with E-state index in [9.17, 15) is 0 Å². The van der Waals surface area contributed by atoms with Crippen LogP contribution in [0.5, 0.6) is 0 Å². The summed E-state index contributed by atoms with van der Waals surface area (Å²) < 4.78 is 0.908. The van der Waals surface area contributed by atoms with E-state index in [1.165, 1.54) is 44.9 Å². The van der Waals surface area contributed by atoms with E-state index < -0.39 is 0 Å². The first kappa shape index (κ1) is 12.4. The molecule has 0 aromatic carbocycles. The highest BCUT2D eigenvalue weighted by atomic mass is 79.9. The molecule has 1 N–H and O–H groups in total. The van der Waals surface area contributed by atoms with E-state index >= 15 is 0 Å². The Hall–Kier alpha value is -0.640. The van der Waals surface area contributed by atoms with Gasteiger partial charge in [-0.2, -0.15) is 0 Å². The number of hydrogen-bond donors (Lipinski definition) is 1. The molecule has 98 valence electrons. The van der Waals surface area contributed by atoms with Crippen LogP contribution in [-0.4, -0.2) is 16.5 Å². The van der Waals surface area contributed by atoms with Gasteiger partial charge in [0.1, 0.15) is 16.2 Å². The fourth-order valence-corrected chi connectivity index (χ4v) is 3.09. The largest absolute Gasteiger partial charge is 0.370 e. The highest BCUT2D eigenvalue weighted by Gasteiger charge is 2.27. The molecule has 2 fully saturated rings. The molecule has 0 amide bonds.